The Morgan fingerprint density at radius 2 is 1.79 bits per heavy atom. The fraction of sp³-hybridized carbons (Fsp3) is 0.188. The molecule has 3 rings (SSSR count). The monoisotopic (exact) mass is 316 g/mol. The molecule has 1 aromatic heterocycles. The van der Waals surface area contributed by atoms with Crippen LogP contribution in [0.25, 0.3) is 21.9 Å². The lowest BCUT2D eigenvalue weighted by Crippen LogP contribution is -2.05. The Kier molecular flexibility index (Phi) is 2.75. The van der Waals surface area contributed by atoms with Gasteiger partial charge in [-0.05, 0) is 65.5 Å². The summed E-state index contributed by atoms with van der Waals surface area (Å²) >= 11 is 3.45. The molecule has 0 spiro atoms. The Hall–Kier alpha value is -1.61. The zero-order valence-electron chi connectivity index (χ0n) is 11.0. The first-order valence-corrected chi connectivity index (χ1v) is 6.92. The van der Waals surface area contributed by atoms with Crippen LogP contribution in [0.3, 0.4) is 0 Å². The molecule has 0 amide bonds. The number of hydrogen-bond donors (Lipinski definition) is 0. The highest BCUT2D eigenvalue weighted by Gasteiger charge is 2.14. The van der Waals surface area contributed by atoms with Crippen molar-refractivity contribution in [2.75, 3.05) is 0 Å². The number of halogens is 1. The van der Waals surface area contributed by atoms with Gasteiger partial charge in [0.2, 0.25) is 5.43 Å². The lowest BCUT2D eigenvalue weighted by Gasteiger charge is -2.09. The number of fused-ring (bicyclic) bond motifs is 2. The van der Waals surface area contributed by atoms with Crippen molar-refractivity contribution in [3.8, 4) is 0 Å². The second-order valence-corrected chi connectivity index (χ2v) is 5.74. The molecule has 0 fully saturated rings. The molecule has 0 unspecified atom stereocenters. The first-order chi connectivity index (χ1) is 9.00. The number of para-hydroxylation sites is 1. The van der Waals surface area contributed by atoms with Gasteiger partial charge >= 0.3 is 0 Å². The molecule has 96 valence electrons. The third-order valence-electron chi connectivity index (χ3n) is 3.63. The molecule has 3 heteroatoms. The molecular weight excluding hydrogens is 304 g/mol. The standard InChI is InChI=1S/C16H13BrO2/c1-8-7-9(2)13-14(18)11-5-4-6-12(17)16(11)19-15(13)10(8)3/h4-7H,1-3H3. The molecule has 2 aromatic carbocycles. The van der Waals surface area contributed by atoms with Gasteiger partial charge in [0, 0.05) is 0 Å². The predicted molar refractivity (Wildman–Crippen MR) is 81.9 cm³/mol. The number of aryl methyl sites for hydroxylation is 3. The van der Waals surface area contributed by atoms with Crippen molar-refractivity contribution in [2.45, 2.75) is 20.8 Å². The van der Waals surface area contributed by atoms with Gasteiger partial charge in [-0.1, -0.05) is 12.1 Å². The molecular formula is C16H13BrO2. The van der Waals surface area contributed by atoms with Crippen LogP contribution in [0.5, 0.6) is 0 Å². The van der Waals surface area contributed by atoms with Crippen molar-refractivity contribution < 1.29 is 4.42 Å². The molecule has 0 saturated heterocycles. The molecule has 0 bridgehead atoms. The average molecular weight is 317 g/mol. The lowest BCUT2D eigenvalue weighted by molar-refractivity contribution is 0.653. The van der Waals surface area contributed by atoms with Crippen LogP contribution in [0.1, 0.15) is 16.7 Å². The number of rotatable bonds is 0. The van der Waals surface area contributed by atoms with Crippen LogP contribution in [0.4, 0.5) is 0 Å². The van der Waals surface area contributed by atoms with E-state index in [9.17, 15) is 4.79 Å². The zero-order valence-corrected chi connectivity index (χ0v) is 12.6. The topological polar surface area (TPSA) is 30.2 Å². The Morgan fingerprint density at radius 3 is 2.53 bits per heavy atom. The van der Waals surface area contributed by atoms with Crippen molar-refractivity contribution >= 4 is 37.9 Å². The molecule has 0 aliphatic rings. The summed E-state index contributed by atoms with van der Waals surface area (Å²) in [6.45, 7) is 5.98. The van der Waals surface area contributed by atoms with E-state index in [1.807, 2.05) is 39.0 Å². The summed E-state index contributed by atoms with van der Waals surface area (Å²) in [5.74, 6) is 0. The average Bonchev–Trinajstić information content (AvgIpc) is 2.37. The van der Waals surface area contributed by atoms with E-state index in [4.69, 9.17) is 4.42 Å². The summed E-state index contributed by atoms with van der Waals surface area (Å²) in [5, 5.41) is 1.31. The third-order valence-corrected chi connectivity index (χ3v) is 4.25. The highest BCUT2D eigenvalue weighted by atomic mass is 79.9. The van der Waals surface area contributed by atoms with Crippen LogP contribution in [-0.4, -0.2) is 0 Å². The quantitative estimate of drug-likeness (QED) is 0.566. The third kappa shape index (κ3) is 1.72. The summed E-state index contributed by atoms with van der Waals surface area (Å²) in [4.78, 5) is 12.6. The van der Waals surface area contributed by atoms with Gasteiger partial charge < -0.3 is 4.42 Å². The molecule has 1 heterocycles. The minimum absolute atomic E-state index is 0.0400. The summed E-state index contributed by atoms with van der Waals surface area (Å²) in [6.07, 6.45) is 0. The summed E-state index contributed by atoms with van der Waals surface area (Å²) in [7, 11) is 0. The van der Waals surface area contributed by atoms with Crippen LogP contribution in [0, 0.1) is 20.8 Å². The largest absolute Gasteiger partial charge is 0.454 e. The molecule has 0 N–H and O–H groups in total. The molecule has 0 saturated carbocycles. The van der Waals surface area contributed by atoms with Crippen LogP contribution in [0.15, 0.2) is 37.9 Å². The normalized spacial score (nSPS) is 11.4. The minimum atomic E-state index is 0.0400. The van der Waals surface area contributed by atoms with Gasteiger partial charge in [0.15, 0.2) is 5.58 Å². The minimum Gasteiger partial charge on any atom is -0.454 e. The summed E-state index contributed by atoms with van der Waals surface area (Å²) in [6, 6.07) is 7.58. The second kappa shape index (κ2) is 4.20. The van der Waals surface area contributed by atoms with Gasteiger partial charge in [-0.3, -0.25) is 4.79 Å². The van der Waals surface area contributed by atoms with Crippen molar-refractivity contribution in [3.05, 3.63) is 55.7 Å². The highest BCUT2D eigenvalue weighted by molar-refractivity contribution is 9.10. The van der Waals surface area contributed by atoms with E-state index in [0.717, 1.165) is 21.2 Å². The van der Waals surface area contributed by atoms with E-state index in [1.165, 1.54) is 0 Å². The molecule has 2 nitrogen and oxygen atoms in total. The fourth-order valence-corrected chi connectivity index (χ4v) is 2.94. The SMILES string of the molecule is Cc1cc(C)c2c(=O)c3cccc(Br)c3oc2c1C. The van der Waals surface area contributed by atoms with Gasteiger partial charge in [-0.15, -0.1) is 0 Å². The smallest absolute Gasteiger partial charge is 0.200 e. The van der Waals surface area contributed by atoms with Crippen molar-refractivity contribution in [2.24, 2.45) is 0 Å². The van der Waals surface area contributed by atoms with Gasteiger partial charge in [-0.2, -0.15) is 0 Å². The van der Waals surface area contributed by atoms with Gasteiger partial charge in [0.1, 0.15) is 5.58 Å². The van der Waals surface area contributed by atoms with E-state index >= 15 is 0 Å². The van der Waals surface area contributed by atoms with Crippen molar-refractivity contribution in [1.29, 1.82) is 0 Å². The molecule has 0 radical (unpaired) electrons. The molecule has 0 atom stereocenters. The molecule has 19 heavy (non-hydrogen) atoms. The lowest BCUT2D eigenvalue weighted by atomic mass is 10.00. The van der Waals surface area contributed by atoms with E-state index in [-0.39, 0.29) is 5.43 Å². The molecule has 0 aliphatic carbocycles. The Labute approximate surface area is 119 Å². The zero-order chi connectivity index (χ0) is 13.7. The van der Waals surface area contributed by atoms with Gasteiger partial charge in [0.25, 0.3) is 0 Å². The van der Waals surface area contributed by atoms with Crippen molar-refractivity contribution in [1.82, 2.24) is 0 Å². The van der Waals surface area contributed by atoms with E-state index in [0.29, 0.717) is 21.9 Å². The van der Waals surface area contributed by atoms with Crippen LogP contribution >= 0.6 is 15.9 Å². The first kappa shape index (κ1) is 12.4. The maximum absolute atomic E-state index is 12.6. The van der Waals surface area contributed by atoms with E-state index < -0.39 is 0 Å². The summed E-state index contributed by atoms with van der Waals surface area (Å²) in [5.41, 5.74) is 4.48. The molecule has 3 aromatic rings. The second-order valence-electron chi connectivity index (χ2n) is 4.89. The van der Waals surface area contributed by atoms with Gasteiger partial charge in [-0.25, -0.2) is 0 Å². The van der Waals surface area contributed by atoms with Gasteiger partial charge in [0.05, 0.1) is 15.2 Å². The van der Waals surface area contributed by atoms with Crippen LogP contribution < -0.4 is 5.43 Å². The molecule has 0 aliphatic heterocycles. The number of benzene rings is 2. The Balaban J connectivity index is 2.70. The Bertz CT molecular complexity index is 875. The Morgan fingerprint density at radius 1 is 1.05 bits per heavy atom. The first-order valence-electron chi connectivity index (χ1n) is 6.12. The van der Waals surface area contributed by atoms with E-state index in [2.05, 4.69) is 15.9 Å². The summed E-state index contributed by atoms with van der Waals surface area (Å²) < 4.78 is 6.81. The van der Waals surface area contributed by atoms with Crippen LogP contribution in [-0.2, 0) is 0 Å². The maximum Gasteiger partial charge on any atom is 0.200 e. The van der Waals surface area contributed by atoms with Crippen LogP contribution in [0.2, 0.25) is 0 Å². The fourth-order valence-electron chi connectivity index (χ4n) is 2.49. The van der Waals surface area contributed by atoms with E-state index in [1.54, 1.807) is 6.07 Å². The number of hydrogen-bond acceptors (Lipinski definition) is 2. The predicted octanol–water partition coefficient (Wildman–Crippen LogP) is 4.63. The van der Waals surface area contributed by atoms with Crippen molar-refractivity contribution in [3.63, 3.8) is 0 Å². The maximum atomic E-state index is 12.6. The highest BCUT2D eigenvalue weighted by Crippen LogP contribution is 2.29.